The highest BCUT2D eigenvalue weighted by Gasteiger charge is 2.62. The van der Waals surface area contributed by atoms with Crippen LogP contribution in [0.15, 0.2) is 58.9 Å². The Balaban J connectivity index is 1.52. The Hall–Kier alpha value is -1.59. The first-order valence-corrected chi connectivity index (χ1v) is 14.8. The van der Waals surface area contributed by atoms with Crippen molar-refractivity contribution >= 4 is 11.6 Å². The molecule has 0 radical (unpaired) electrons. The van der Waals surface area contributed by atoms with Gasteiger partial charge < -0.3 is 19.9 Å². The highest BCUT2D eigenvalue weighted by Crippen LogP contribution is 2.69. The summed E-state index contributed by atoms with van der Waals surface area (Å²) < 4.78 is 5.52. The number of hydrogen-bond acceptors (Lipinski definition) is 4. The predicted octanol–water partition coefficient (Wildman–Crippen LogP) is 7.35. The number of aliphatic hydroxyl groups excluding tert-OH is 2. The zero-order valence-electron chi connectivity index (χ0n) is 23.8. The second kappa shape index (κ2) is 10.1. The highest BCUT2D eigenvalue weighted by atomic mass is 35.5. The van der Waals surface area contributed by atoms with Gasteiger partial charge in [-0.2, -0.15) is 0 Å². The topological polar surface area (TPSA) is 65.6 Å². The molecule has 0 spiro atoms. The van der Waals surface area contributed by atoms with E-state index in [-0.39, 0.29) is 40.3 Å². The summed E-state index contributed by atoms with van der Waals surface area (Å²) in [6, 6.07) is 10.2. The first kappa shape index (κ1) is 28.0. The van der Waals surface area contributed by atoms with Gasteiger partial charge in [0.25, 0.3) is 0 Å². The minimum absolute atomic E-state index is 0.0303. The van der Waals surface area contributed by atoms with Gasteiger partial charge in [-0.3, -0.25) is 0 Å². The van der Waals surface area contributed by atoms with Gasteiger partial charge in [-0.15, -0.1) is 0 Å². The molecule has 1 heterocycles. The van der Waals surface area contributed by atoms with Crippen LogP contribution in [0.2, 0.25) is 5.02 Å². The normalized spacial score (nSPS) is 38.6. The maximum Gasteiger partial charge on any atom is 0.0937 e. The third-order valence-electron chi connectivity index (χ3n) is 11.5. The lowest BCUT2D eigenvalue weighted by Crippen LogP contribution is -2.60. The fourth-order valence-corrected chi connectivity index (χ4v) is 9.55. The van der Waals surface area contributed by atoms with Crippen LogP contribution in [-0.2, 0) is 6.54 Å². The molecule has 3 N–H and O–H groups in total. The molecular weight excluding hydrogens is 494 g/mol. The first-order valence-electron chi connectivity index (χ1n) is 14.4. The maximum atomic E-state index is 11.0. The lowest BCUT2D eigenvalue weighted by Gasteiger charge is -2.63. The second-order valence-electron chi connectivity index (χ2n) is 13.7. The van der Waals surface area contributed by atoms with Crippen LogP contribution in [0.5, 0.6) is 0 Å². The van der Waals surface area contributed by atoms with E-state index in [1.807, 2.05) is 24.5 Å². The van der Waals surface area contributed by atoms with Gasteiger partial charge in [-0.1, -0.05) is 76.1 Å². The van der Waals surface area contributed by atoms with E-state index in [1.54, 1.807) is 11.8 Å². The molecule has 5 heteroatoms. The van der Waals surface area contributed by atoms with Crippen molar-refractivity contribution in [3.05, 3.63) is 70.7 Å². The Morgan fingerprint density at radius 3 is 2.50 bits per heavy atom. The minimum atomic E-state index is -0.387. The van der Waals surface area contributed by atoms with Gasteiger partial charge >= 0.3 is 0 Å². The summed E-state index contributed by atoms with van der Waals surface area (Å²) in [5.41, 5.74) is 3.51. The molecular formula is C33H46ClNO3. The third-order valence-corrected chi connectivity index (χ3v) is 11.8. The summed E-state index contributed by atoms with van der Waals surface area (Å²) in [6.45, 7) is 13.3. The highest BCUT2D eigenvalue weighted by molar-refractivity contribution is 6.31. The van der Waals surface area contributed by atoms with Gasteiger partial charge in [0.2, 0.25) is 0 Å². The van der Waals surface area contributed by atoms with Crippen LogP contribution in [0.4, 0.5) is 0 Å². The fraction of sp³-hybridized carbons (Fsp3) is 0.636. The number of allylic oxidation sites excluding steroid dienone is 1. The number of benzene rings is 1. The van der Waals surface area contributed by atoms with Gasteiger partial charge in [0.05, 0.1) is 18.6 Å². The first-order chi connectivity index (χ1) is 18.0. The van der Waals surface area contributed by atoms with Crippen LogP contribution in [0.25, 0.3) is 0 Å². The molecule has 2 saturated carbocycles. The molecule has 7 atom stereocenters. The summed E-state index contributed by atoms with van der Waals surface area (Å²) in [7, 11) is 0. The molecule has 2 aromatic rings. The molecule has 0 aliphatic heterocycles. The molecule has 2 fully saturated rings. The van der Waals surface area contributed by atoms with E-state index in [9.17, 15) is 10.2 Å². The molecule has 7 unspecified atom stereocenters. The number of furan rings is 1. The Labute approximate surface area is 233 Å². The van der Waals surface area contributed by atoms with Crippen molar-refractivity contribution in [3.63, 3.8) is 0 Å². The van der Waals surface area contributed by atoms with Gasteiger partial charge in [0.15, 0.2) is 0 Å². The Morgan fingerprint density at radius 2 is 1.82 bits per heavy atom. The molecule has 0 amide bonds. The van der Waals surface area contributed by atoms with E-state index < -0.39 is 0 Å². The van der Waals surface area contributed by atoms with Crippen LogP contribution in [-0.4, -0.2) is 29.5 Å². The van der Waals surface area contributed by atoms with Crippen molar-refractivity contribution in [2.75, 3.05) is 13.2 Å². The number of rotatable bonds is 7. The van der Waals surface area contributed by atoms with E-state index in [1.165, 1.54) is 5.56 Å². The molecule has 0 saturated heterocycles. The van der Waals surface area contributed by atoms with Gasteiger partial charge in [-0.25, -0.2) is 0 Å². The number of fused-ring (bicyclic) bond motifs is 1. The van der Waals surface area contributed by atoms with Crippen LogP contribution >= 0.6 is 11.6 Å². The molecule has 0 bridgehead atoms. The fourth-order valence-electron chi connectivity index (χ4n) is 9.35. The Morgan fingerprint density at radius 1 is 1.05 bits per heavy atom. The van der Waals surface area contributed by atoms with Crippen LogP contribution in [0.3, 0.4) is 0 Å². The summed E-state index contributed by atoms with van der Waals surface area (Å²) >= 11 is 6.51. The summed E-state index contributed by atoms with van der Waals surface area (Å²) in [6.07, 6.45) is 10.8. The lowest BCUT2D eigenvalue weighted by molar-refractivity contribution is -0.157. The second-order valence-corrected chi connectivity index (χ2v) is 14.1. The van der Waals surface area contributed by atoms with Crippen LogP contribution in [0.1, 0.15) is 83.8 Å². The van der Waals surface area contributed by atoms with Crippen LogP contribution < -0.4 is 5.32 Å². The lowest BCUT2D eigenvalue weighted by atomic mass is 9.42. The molecule has 38 heavy (non-hydrogen) atoms. The number of aliphatic hydroxyl groups is 2. The number of hydrogen-bond donors (Lipinski definition) is 3. The van der Waals surface area contributed by atoms with Crippen LogP contribution in [0, 0.1) is 33.5 Å². The zero-order chi connectivity index (χ0) is 27.3. The average molecular weight is 540 g/mol. The van der Waals surface area contributed by atoms with E-state index in [0.29, 0.717) is 11.8 Å². The maximum absolute atomic E-state index is 11.0. The molecule has 4 nitrogen and oxygen atoms in total. The van der Waals surface area contributed by atoms with Crippen molar-refractivity contribution in [2.24, 2.45) is 33.5 Å². The van der Waals surface area contributed by atoms with E-state index >= 15 is 0 Å². The Bertz CT molecular complexity index is 1160. The van der Waals surface area contributed by atoms with Gasteiger partial charge in [-0.05, 0) is 89.4 Å². The average Bonchev–Trinajstić information content (AvgIpc) is 3.51. The summed E-state index contributed by atoms with van der Waals surface area (Å²) in [5.74, 6) is 0.828. The van der Waals surface area contributed by atoms with E-state index in [2.05, 4.69) is 58.1 Å². The standard InChI is InChI=1S/C33H46ClNO3/c1-30(2)28(19-36)32(4,16-13-29(30)37)27-12-15-31(3)24(23-14-17-38-20-23)10-11-26(31)33(27,5)21-35-18-22-8-6-7-9-25(22)34/h6-9,11,14,17,20,24,27-29,35-37H,10,12-13,15-16,18-19,21H2,1-5H3. The van der Waals surface area contributed by atoms with Crippen molar-refractivity contribution < 1.29 is 14.6 Å². The third kappa shape index (κ3) is 4.31. The molecule has 208 valence electrons. The van der Waals surface area contributed by atoms with Gasteiger partial charge in [0.1, 0.15) is 0 Å². The molecule has 3 aliphatic carbocycles. The molecule has 1 aromatic carbocycles. The largest absolute Gasteiger partial charge is 0.472 e. The SMILES string of the molecule is CC12CCC(C3(C)CCC(O)C(C)(C)C3CO)C(C)(CNCc3ccccc3Cl)C1=CCC2c1ccoc1. The smallest absolute Gasteiger partial charge is 0.0937 e. The quantitative estimate of drug-likeness (QED) is 0.322. The van der Waals surface area contributed by atoms with Crippen molar-refractivity contribution in [1.29, 1.82) is 0 Å². The van der Waals surface area contributed by atoms with Crippen molar-refractivity contribution in [3.8, 4) is 0 Å². The van der Waals surface area contributed by atoms with E-state index in [4.69, 9.17) is 16.0 Å². The zero-order valence-corrected chi connectivity index (χ0v) is 24.5. The monoisotopic (exact) mass is 539 g/mol. The summed E-state index contributed by atoms with van der Waals surface area (Å²) in [5, 5.41) is 26.4. The van der Waals surface area contributed by atoms with Crippen molar-refractivity contribution in [2.45, 2.75) is 85.3 Å². The summed E-state index contributed by atoms with van der Waals surface area (Å²) in [4.78, 5) is 0. The molecule has 5 rings (SSSR count). The molecule has 1 aromatic heterocycles. The number of halogens is 1. The number of nitrogens with one attached hydrogen (secondary N) is 1. The van der Waals surface area contributed by atoms with Crippen molar-refractivity contribution in [1.82, 2.24) is 5.32 Å². The Kier molecular flexibility index (Phi) is 7.44. The predicted molar refractivity (Wildman–Crippen MR) is 154 cm³/mol. The van der Waals surface area contributed by atoms with Gasteiger partial charge in [0, 0.05) is 30.1 Å². The molecule has 3 aliphatic rings. The van der Waals surface area contributed by atoms with E-state index in [0.717, 1.165) is 55.8 Å². The minimum Gasteiger partial charge on any atom is -0.472 e.